The highest BCUT2D eigenvalue weighted by Crippen LogP contribution is 2.35. The number of anilines is 1. The van der Waals surface area contributed by atoms with Crippen molar-refractivity contribution in [3.8, 4) is 11.4 Å². The lowest BCUT2D eigenvalue weighted by Gasteiger charge is -2.16. The molecule has 7 heteroatoms. The number of hydrogen-bond donors (Lipinski definition) is 0. The van der Waals surface area contributed by atoms with Crippen molar-refractivity contribution in [3.63, 3.8) is 0 Å². The monoisotopic (exact) mass is 458 g/mol. The van der Waals surface area contributed by atoms with Gasteiger partial charge in [0.25, 0.3) is 11.5 Å². The quantitative estimate of drug-likeness (QED) is 0.386. The Morgan fingerprint density at radius 2 is 1.64 bits per heavy atom. The molecule has 0 saturated carbocycles. The van der Waals surface area contributed by atoms with E-state index in [9.17, 15) is 9.59 Å². The number of rotatable bonds is 7. The zero-order valence-electron chi connectivity index (χ0n) is 18.9. The van der Waals surface area contributed by atoms with E-state index in [0.29, 0.717) is 27.4 Å². The molecule has 0 bridgehead atoms. The van der Waals surface area contributed by atoms with Crippen LogP contribution < -0.4 is 15.0 Å². The molecule has 2 aromatic heterocycles. The largest absolute Gasteiger partial charge is 0.308 e. The van der Waals surface area contributed by atoms with E-state index in [1.165, 1.54) is 35.1 Å². The van der Waals surface area contributed by atoms with Crippen molar-refractivity contribution in [3.05, 3.63) is 74.5 Å². The van der Waals surface area contributed by atoms with Gasteiger partial charge in [0, 0.05) is 17.7 Å². The molecule has 1 aliphatic rings. The Bertz CT molecular complexity index is 1450. The molecule has 0 saturated heterocycles. The lowest BCUT2D eigenvalue weighted by molar-refractivity contribution is -0.113. The third-order valence-electron chi connectivity index (χ3n) is 6.18. The van der Waals surface area contributed by atoms with Crippen LogP contribution in [-0.2, 0) is 4.79 Å². The normalized spacial score (nSPS) is 15.0. The van der Waals surface area contributed by atoms with E-state index in [-0.39, 0.29) is 11.5 Å². The number of benzene rings is 2. The molecule has 33 heavy (non-hydrogen) atoms. The molecule has 4 aromatic rings. The molecule has 5 rings (SSSR count). The maximum atomic E-state index is 13.5. The van der Waals surface area contributed by atoms with E-state index in [0.717, 1.165) is 35.2 Å². The van der Waals surface area contributed by atoms with Crippen LogP contribution in [0, 0.1) is 6.92 Å². The molecule has 0 fully saturated rings. The predicted molar refractivity (Wildman–Crippen MR) is 133 cm³/mol. The van der Waals surface area contributed by atoms with E-state index in [1.54, 1.807) is 0 Å². The maximum absolute atomic E-state index is 13.5. The number of nitrogens with zero attached hydrogens (tertiary/aromatic N) is 4. The zero-order valence-corrected chi connectivity index (χ0v) is 19.7. The molecule has 0 N–H and O–H groups in total. The van der Waals surface area contributed by atoms with Gasteiger partial charge in [0.2, 0.25) is 4.96 Å². The number of aromatic nitrogens is 3. The Morgan fingerprint density at radius 1 is 0.909 bits per heavy atom. The van der Waals surface area contributed by atoms with Gasteiger partial charge in [-0.2, -0.15) is 9.50 Å². The van der Waals surface area contributed by atoms with Crippen LogP contribution in [0.4, 0.5) is 5.69 Å². The summed E-state index contributed by atoms with van der Waals surface area (Å²) in [5.41, 5.74) is 3.83. The highest BCUT2D eigenvalue weighted by Gasteiger charge is 2.33. The molecule has 0 aliphatic carbocycles. The van der Waals surface area contributed by atoms with Crippen LogP contribution in [0.3, 0.4) is 0 Å². The highest BCUT2D eigenvalue weighted by molar-refractivity contribution is 7.15. The van der Waals surface area contributed by atoms with E-state index < -0.39 is 0 Å². The molecule has 0 unspecified atom stereocenters. The number of amides is 1. The second kappa shape index (κ2) is 8.90. The lowest BCUT2D eigenvalue weighted by atomic mass is 10.1. The molecule has 1 aliphatic heterocycles. The van der Waals surface area contributed by atoms with Crippen molar-refractivity contribution in [2.45, 2.75) is 46.0 Å². The van der Waals surface area contributed by atoms with Crippen LogP contribution in [0.15, 0.2) is 53.3 Å². The first kappa shape index (κ1) is 21.5. The van der Waals surface area contributed by atoms with Crippen molar-refractivity contribution >= 4 is 33.5 Å². The first-order valence-electron chi connectivity index (χ1n) is 11.5. The van der Waals surface area contributed by atoms with Crippen molar-refractivity contribution < 1.29 is 4.79 Å². The fourth-order valence-electron chi connectivity index (χ4n) is 4.42. The minimum absolute atomic E-state index is 0.104. The summed E-state index contributed by atoms with van der Waals surface area (Å²) in [7, 11) is 0. The second-order valence-electron chi connectivity index (χ2n) is 8.44. The van der Waals surface area contributed by atoms with Gasteiger partial charge in [0.1, 0.15) is 4.53 Å². The number of carbonyl (C=O) groups is 1. The molecule has 0 spiro atoms. The Balaban J connectivity index is 1.56. The van der Waals surface area contributed by atoms with E-state index in [1.807, 2.05) is 60.4 Å². The highest BCUT2D eigenvalue weighted by atomic mass is 32.1. The van der Waals surface area contributed by atoms with Gasteiger partial charge in [-0.25, -0.2) is 0 Å². The topological polar surface area (TPSA) is 67.6 Å². The third kappa shape index (κ3) is 3.76. The van der Waals surface area contributed by atoms with Crippen LogP contribution in [-0.4, -0.2) is 27.0 Å². The summed E-state index contributed by atoms with van der Waals surface area (Å²) in [6, 6.07) is 15.6. The number of para-hydroxylation sites is 1. The summed E-state index contributed by atoms with van der Waals surface area (Å²) >= 11 is 1.24. The molecular formula is C26H26N4O2S. The van der Waals surface area contributed by atoms with Gasteiger partial charge >= 0.3 is 0 Å². The van der Waals surface area contributed by atoms with Gasteiger partial charge in [-0.15, -0.1) is 5.10 Å². The van der Waals surface area contributed by atoms with E-state index in [2.05, 4.69) is 17.0 Å². The summed E-state index contributed by atoms with van der Waals surface area (Å²) in [4.78, 5) is 33.7. The molecule has 168 valence electrons. The van der Waals surface area contributed by atoms with Crippen LogP contribution in [0.5, 0.6) is 0 Å². The summed E-state index contributed by atoms with van der Waals surface area (Å²) in [6.07, 6.45) is 5.63. The van der Waals surface area contributed by atoms with Crippen molar-refractivity contribution in [1.29, 1.82) is 0 Å². The fraction of sp³-hybridized carbons (Fsp3) is 0.308. The van der Waals surface area contributed by atoms with Crippen LogP contribution in [0.1, 0.15) is 50.2 Å². The van der Waals surface area contributed by atoms with Crippen molar-refractivity contribution in [1.82, 2.24) is 14.6 Å². The number of hydrogen-bond acceptors (Lipinski definition) is 5. The van der Waals surface area contributed by atoms with Crippen molar-refractivity contribution in [2.24, 2.45) is 0 Å². The van der Waals surface area contributed by atoms with Gasteiger partial charge in [-0.3, -0.25) is 9.59 Å². The number of thiazole rings is 1. The fourth-order valence-corrected chi connectivity index (χ4v) is 5.42. The molecule has 3 heterocycles. The zero-order chi connectivity index (χ0) is 22.9. The van der Waals surface area contributed by atoms with E-state index >= 15 is 0 Å². The molecule has 2 aromatic carbocycles. The van der Waals surface area contributed by atoms with E-state index in [4.69, 9.17) is 0 Å². The molecule has 0 atom stereocenters. The average Bonchev–Trinajstić information content (AvgIpc) is 3.45. The van der Waals surface area contributed by atoms with Gasteiger partial charge in [-0.1, -0.05) is 86.4 Å². The molecular weight excluding hydrogens is 432 g/mol. The van der Waals surface area contributed by atoms with Gasteiger partial charge in [0.05, 0.1) is 11.3 Å². The number of fused-ring (bicyclic) bond motifs is 2. The molecule has 1 amide bonds. The summed E-state index contributed by atoms with van der Waals surface area (Å²) in [6.45, 7) is 4.85. The van der Waals surface area contributed by atoms with Gasteiger partial charge < -0.3 is 4.90 Å². The Labute approximate surface area is 196 Å². The van der Waals surface area contributed by atoms with Crippen LogP contribution in [0.25, 0.3) is 21.9 Å². The summed E-state index contributed by atoms with van der Waals surface area (Å²) in [5.74, 6) is 0.423. The maximum Gasteiger partial charge on any atom is 0.291 e. The number of carbonyl (C=O) groups excluding carboxylic acids is 1. The van der Waals surface area contributed by atoms with Gasteiger partial charge in [0.15, 0.2) is 5.82 Å². The van der Waals surface area contributed by atoms with Gasteiger partial charge in [-0.05, 0) is 25.0 Å². The summed E-state index contributed by atoms with van der Waals surface area (Å²) in [5, 5.41) is 4.48. The van der Waals surface area contributed by atoms with Crippen molar-refractivity contribution in [2.75, 3.05) is 11.4 Å². The second-order valence-corrected chi connectivity index (χ2v) is 9.42. The molecule has 6 nitrogen and oxygen atoms in total. The third-order valence-corrected chi connectivity index (χ3v) is 7.21. The van der Waals surface area contributed by atoms with Crippen LogP contribution in [0.2, 0.25) is 0 Å². The average molecular weight is 459 g/mol. The Morgan fingerprint density at radius 3 is 2.39 bits per heavy atom. The first-order chi connectivity index (χ1) is 16.1. The smallest absolute Gasteiger partial charge is 0.291 e. The first-order valence-corrected chi connectivity index (χ1v) is 12.3. The lowest BCUT2D eigenvalue weighted by Crippen LogP contribution is -2.33. The Kier molecular flexibility index (Phi) is 5.81. The number of aryl methyl sites for hydroxylation is 1. The SMILES string of the molecule is CCCCCCCN1C(=O)C(=c2sc3nc(-c4ccccc4C)nn3c2=O)c2ccccc21. The Hall–Kier alpha value is -3.32. The minimum Gasteiger partial charge on any atom is -0.308 e. The minimum atomic E-state index is -0.287. The predicted octanol–water partition coefficient (Wildman–Crippen LogP) is 4.36. The molecule has 0 radical (unpaired) electrons. The standard InChI is InChI=1S/C26H26N4O2S/c1-3-4-5-6-11-16-29-20-15-10-9-14-19(20)21(24(29)31)22-25(32)30-26(33-22)27-23(28-30)18-13-8-7-12-17(18)2/h7-10,12-15H,3-6,11,16H2,1-2H3. The number of unbranched alkanes of at least 4 members (excludes halogenated alkanes) is 4. The summed E-state index contributed by atoms with van der Waals surface area (Å²) < 4.78 is 1.74. The van der Waals surface area contributed by atoms with Crippen LogP contribution >= 0.6 is 11.3 Å².